The number of aromatic nitrogens is 1. The number of amides is 1. The Morgan fingerprint density at radius 3 is 2.62 bits per heavy atom. The minimum Gasteiger partial charge on any atom is -0.477 e. The van der Waals surface area contributed by atoms with E-state index in [1.807, 2.05) is 0 Å². The van der Waals surface area contributed by atoms with Crippen molar-refractivity contribution in [2.75, 3.05) is 0 Å². The van der Waals surface area contributed by atoms with Gasteiger partial charge in [0.1, 0.15) is 16.8 Å². The fourth-order valence-electron chi connectivity index (χ4n) is 3.96. The smallest absolute Gasteiger partial charge is 0.352 e. The topological polar surface area (TPSA) is 106 Å². The average Bonchev–Trinajstić information content (AvgIpc) is 3.11. The largest absolute Gasteiger partial charge is 0.477 e. The monoisotopic (exact) mass is 434 g/mol. The van der Waals surface area contributed by atoms with E-state index in [9.17, 15) is 19.8 Å². The second kappa shape index (κ2) is 8.11. The molecule has 1 aliphatic rings. The number of benzene rings is 1. The van der Waals surface area contributed by atoms with Gasteiger partial charge in [0.25, 0.3) is 0 Å². The molecule has 1 aromatic carbocycles. The van der Waals surface area contributed by atoms with E-state index >= 15 is 0 Å². The zero-order valence-corrected chi connectivity index (χ0v) is 17.0. The number of nitrogens with zero attached hydrogens (tertiary/aromatic N) is 1. The normalized spacial score (nSPS) is 23.8. The summed E-state index contributed by atoms with van der Waals surface area (Å²) in [6.45, 7) is 0. The van der Waals surface area contributed by atoms with Crippen molar-refractivity contribution < 1.29 is 19.8 Å². The molecule has 29 heavy (non-hydrogen) atoms. The number of carbonyl (C=O) groups is 2. The number of hydrogen-bond acceptors (Lipinski definition) is 3. The lowest BCUT2D eigenvalue weighted by Crippen LogP contribution is -2.55. The van der Waals surface area contributed by atoms with Crippen molar-refractivity contribution >= 4 is 35.1 Å². The average molecular weight is 435 g/mol. The second-order valence-electron chi connectivity index (χ2n) is 7.20. The van der Waals surface area contributed by atoms with Crippen LogP contribution in [0.3, 0.4) is 0 Å². The standard InChI is InChI=1S/C21H20Cl2N2O4/c22-12-16-5-6-17(18(26)27)25(16)21(19(24)28)9-2-8-20(29,13-21)10-7-14-3-1-4-15(23)11-14/h1,3-6,11,29H,2,8-9,12-13H2,(H2,24,28)(H,26,27)/t20-,21+/m1/s1. The molecule has 1 aliphatic carbocycles. The molecule has 1 saturated carbocycles. The van der Waals surface area contributed by atoms with Crippen LogP contribution in [-0.2, 0) is 16.2 Å². The van der Waals surface area contributed by atoms with Crippen LogP contribution in [-0.4, -0.2) is 32.3 Å². The zero-order valence-electron chi connectivity index (χ0n) is 15.5. The van der Waals surface area contributed by atoms with Gasteiger partial charge in [0, 0.05) is 22.7 Å². The zero-order chi connectivity index (χ0) is 21.2. The van der Waals surface area contributed by atoms with Crippen LogP contribution in [0.5, 0.6) is 0 Å². The van der Waals surface area contributed by atoms with Crippen LogP contribution in [0.2, 0.25) is 5.02 Å². The number of halogens is 2. The first-order valence-corrected chi connectivity index (χ1v) is 9.93. The lowest BCUT2D eigenvalue weighted by molar-refractivity contribution is -0.132. The molecule has 3 rings (SSSR count). The van der Waals surface area contributed by atoms with Crippen molar-refractivity contribution in [3.63, 3.8) is 0 Å². The van der Waals surface area contributed by atoms with Gasteiger partial charge in [-0.1, -0.05) is 29.5 Å². The SMILES string of the molecule is NC(=O)[C@]1(n2c(CCl)ccc2C(=O)O)CCC[C@@](O)(C#Cc2cccc(Cl)c2)C1. The number of rotatable bonds is 4. The lowest BCUT2D eigenvalue weighted by atomic mass is 9.72. The first-order valence-electron chi connectivity index (χ1n) is 9.02. The summed E-state index contributed by atoms with van der Waals surface area (Å²) in [5.74, 6) is 3.80. The first-order chi connectivity index (χ1) is 13.7. The third kappa shape index (κ3) is 4.13. The van der Waals surface area contributed by atoms with Crippen LogP contribution < -0.4 is 5.73 Å². The number of primary amides is 1. The molecule has 6 nitrogen and oxygen atoms in total. The van der Waals surface area contributed by atoms with E-state index in [4.69, 9.17) is 28.9 Å². The van der Waals surface area contributed by atoms with Gasteiger partial charge in [-0.15, -0.1) is 11.6 Å². The molecule has 2 atom stereocenters. The predicted octanol–water partition coefficient (Wildman–Crippen LogP) is 3.12. The van der Waals surface area contributed by atoms with Gasteiger partial charge >= 0.3 is 5.97 Å². The van der Waals surface area contributed by atoms with Gasteiger partial charge < -0.3 is 20.5 Å². The van der Waals surface area contributed by atoms with Crippen molar-refractivity contribution in [1.29, 1.82) is 0 Å². The van der Waals surface area contributed by atoms with E-state index in [-0.39, 0.29) is 24.4 Å². The summed E-state index contributed by atoms with van der Waals surface area (Å²) in [4.78, 5) is 24.4. The Bertz CT molecular complexity index is 1020. The molecule has 0 bridgehead atoms. The molecule has 0 unspecified atom stereocenters. The Morgan fingerprint density at radius 1 is 1.24 bits per heavy atom. The fraction of sp³-hybridized carbons (Fsp3) is 0.333. The molecule has 0 spiro atoms. The highest BCUT2D eigenvalue weighted by Gasteiger charge is 2.50. The summed E-state index contributed by atoms with van der Waals surface area (Å²) < 4.78 is 1.36. The number of nitrogens with two attached hydrogens (primary N) is 1. The Kier molecular flexibility index (Phi) is 5.95. The Morgan fingerprint density at radius 2 is 2.00 bits per heavy atom. The van der Waals surface area contributed by atoms with E-state index in [1.54, 1.807) is 30.3 Å². The molecule has 1 aromatic heterocycles. The number of hydrogen-bond donors (Lipinski definition) is 3. The van der Waals surface area contributed by atoms with Crippen molar-refractivity contribution in [2.45, 2.75) is 42.7 Å². The van der Waals surface area contributed by atoms with Crippen molar-refractivity contribution in [3.8, 4) is 11.8 Å². The Labute approximate surface area is 178 Å². The minimum atomic E-state index is -1.53. The lowest BCUT2D eigenvalue weighted by Gasteiger charge is -2.43. The third-order valence-electron chi connectivity index (χ3n) is 5.23. The maximum absolute atomic E-state index is 12.6. The van der Waals surface area contributed by atoms with E-state index in [0.717, 1.165) is 0 Å². The van der Waals surface area contributed by atoms with Crippen molar-refractivity contribution in [2.24, 2.45) is 5.73 Å². The highest BCUT2D eigenvalue weighted by atomic mass is 35.5. The maximum atomic E-state index is 12.6. The number of carboxylic acid groups (broad SMARTS) is 1. The van der Waals surface area contributed by atoms with E-state index in [1.165, 1.54) is 10.6 Å². The molecule has 4 N–H and O–H groups in total. The molecule has 1 heterocycles. The highest BCUT2D eigenvalue weighted by Crippen LogP contribution is 2.42. The summed E-state index contributed by atoms with van der Waals surface area (Å²) in [5.41, 5.74) is 3.74. The summed E-state index contributed by atoms with van der Waals surface area (Å²) in [6, 6.07) is 9.82. The molecule has 152 valence electrons. The van der Waals surface area contributed by atoms with Gasteiger partial charge in [0.05, 0.1) is 5.88 Å². The predicted molar refractivity (Wildman–Crippen MR) is 110 cm³/mol. The van der Waals surface area contributed by atoms with Gasteiger partial charge in [0.2, 0.25) is 5.91 Å². The molecule has 0 aliphatic heterocycles. The molecule has 2 aromatic rings. The first kappa shape index (κ1) is 21.3. The van der Waals surface area contributed by atoms with Crippen LogP contribution in [0.1, 0.15) is 47.4 Å². The van der Waals surface area contributed by atoms with E-state index in [2.05, 4.69) is 11.8 Å². The number of aromatic carboxylic acids is 1. The third-order valence-corrected chi connectivity index (χ3v) is 5.74. The van der Waals surface area contributed by atoms with Gasteiger partial charge in [-0.25, -0.2) is 4.79 Å². The van der Waals surface area contributed by atoms with E-state index in [0.29, 0.717) is 29.1 Å². The molecule has 0 saturated heterocycles. The van der Waals surface area contributed by atoms with E-state index < -0.39 is 23.0 Å². The molecule has 1 amide bonds. The number of alkyl halides is 1. The highest BCUT2D eigenvalue weighted by molar-refractivity contribution is 6.30. The summed E-state index contributed by atoms with van der Waals surface area (Å²) in [7, 11) is 0. The molecular weight excluding hydrogens is 415 g/mol. The van der Waals surface area contributed by atoms with Crippen LogP contribution in [0.15, 0.2) is 36.4 Å². The van der Waals surface area contributed by atoms with Crippen molar-refractivity contribution in [3.05, 3.63) is 58.4 Å². The summed E-state index contributed by atoms with van der Waals surface area (Å²) >= 11 is 12.0. The van der Waals surface area contributed by atoms with Crippen LogP contribution >= 0.6 is 23.2 Å². The maximum Gasteiger partial charge on any atom is 0.352 e. The van der Waals surface area contributed by atoms with Gasteiger partial charge in [0.15, 0.2) is 0 Å². The molecule has 0 radical (unpaired) electrons. The number of carboxylic acids is 1. The van der Waals surface area contributed by atoms with Gasteiger partial charge in [-0.2, -0.15) is 0 Å². The summed E-state index contributed by atoms with van der Waals surface area (Å²) in [6.07, 6.45) is 0.905. The summed E-state index contributed by atoms with van der Waals surface area (Å²) in [5, 5.41) is 21.3. The number of carbonyl (C=O) groups excluding carboxylic acids is 1. The van der Waals surface area contributed by atoms with Gasteiger partial charge in [-0.05, 0) is 49.6 Å². The van der Waals surface area contributed by atoms with Crippen LogP contribution in [0.4, 0.5) is 0 Å². The van der Waals surface area contributed by atoms with Crippen LogP contribution in [0, 0.1) is 11.8 Å². The molecule has 8 heteroatoms. The van der Waals surface area contributed by atoms with Gasteiger partial charge in [-0.3, -0.25) is 4.79 Å². The fourth-order valence-corrected chi connectivity index (χ4v) is 4.36. The number of aliphatic hydroxyl groups is 1. The quantitative estimate of drug-likeness (QED) is 0.507. The molecule has 1 fully saturated rings. The minimum absolute atomic E-state index is 0.00503. The Balaban J connectivity index is 2.07. The van der Waals surface area contributed by atoms with Crippen molar-refractivity contribution in [1.82, 2.24) is 4.57 Å². The molecular formula is C21H20Cl2N2O4. The van der Waals surface area contributed by atoms with Crippen LogP contribution in [0.25, 0.3) is 0 Å². The second-order valence-corrected chi connectivity index (χ2v) is 7.91. The Hall–Kier alpha value is -2.46.